The van der Waals surface area contributed by atoms with Crippen molar-refractivity contribution < 1.29 is 0 Å². The standard InChI is InChI=1S/C25H40N4/c1-3-21(14-13-19-9-10-19)27-24(17-20-11-12-20)18(2)23-15-16-26-25(29-23)28-22-7-5-4-6-8-22/h15-16,19-22,27H,3-14,17H2,1-2H3,(H,26,28,29)/b24-18+. The van der Waals surface area contributed by atoms with Gasteiger partial charge in [0.1, 0.15) is 0 Å². The number of hydrogen-bond donors (Lipinski definition) is 2. The summed E-state index contributed by atoms with van der Waals surface area (Å²) >= 11 is 0. The molecule has 0 spiro atoms. The number of rotatable bonds is 11. The Morgan fingerprint density at radius 1 is 1.07 bits per heavy atom. The first-order chi connectivity index (χ1) is 14.2. The number of allylic oxidation sites excluding steroid dienone is 2. The van der Waals surface area contributed by atoms with E-state index in [1.54, 1.807) is 0 Å². The Balaban J connectivity index is 1.46. The van der Waals surface area contributed by atoms with Crippen LogP contribution >= 0.6 is 0 Å². The number of aromatic nitrogens is 2. The van der Waals surface area contributed by atoms with Crippen molar-refractivity contribution in [1.29, 1.82) is 0 Å². The molecule has 1 atom stereocenters. The quantitative estimate of drug-likeness (QED) is 0.460. The molecule has 3 aliphatic carbocycles. The number of nitrogens with one attached hydrogen (secondary N) is 2. The summed E-state index contributed by atoms with van der Waals surface area (Å²) in [4.78, 5) is 9.43. The van der Waals surface area contributed by atoms with Gasteiger partial charge in [-0.05, 0) is 81.8 Å². The van der Waals surface area contributed by atoms with Gasteiger partial charge >= 0.3 is 0 Å². The highest BCUT2D eigenvalue weighted by Gasteiger charge is 2.26. The van der Waals surface area contributed by atoms with Gasteiger partial charge in [0.15, 0.2) is 0 Å². The van der Waals surface area contributed by atoms with E-state index in [-0.39, 0.29) is 0 Å². The molecular formula is C25H40N4. The molecule has 4 nitrogen and oxygen atoms in total. The van der Waals surface area contributed by atoms with Crippen molar-refractivity contribution in [2.45, 2.75) is 109 Å². The Hall–Kier alpha value is -1.58. The van der Waals surface area contributed by atoms with Gasteiger partial charge in [0.25, 0.3) is 0 Å². The normalized spacial score (nSPS) is 22.1. The van der Waals surface area contributed by atoms with Crippen molar-refractivity contribution in [2.75, 3.05) is 5.32 Å². The Labute approximate surface area is 177 Å². The number of anilines is 1. The fraction of sp³-hybridized carbons (Fsp3) is 0.760. The molecule has 29 heavy (non-hydrogen) atoms. The first kappa shape index (κ1) is 20.7. The lowest BCUT2D eigenvalue weighted by atomic mass is 9.96. The van der Waals surface area contributed by atoms with Crippen LogP contribution in [0.3, 0.4) is 0 Å². The SMILES string of the molecule is CCC(CCC1CC1)N/C(CC1CC1)=C(\C)c1ccnc(NC2CCCCC2)n1. The van der Waals surface area contributed by atoms with Gasteiger partial charge in [0.2, 0.25) is 5.95 Å². The lowest BCUT2D eigenvalue weighted by Crippen LogP contribution is -2.29. The van der Waals surface area contributed by atoms with Gasteiger partial charge in [-0.1, -0.05) is 39.0 Å². The second-order valence-corrected chi connectivity index (χ2v) is 9.77. The summed E-state index contributed by atoms with van der Waals surface area (Å²) in [6.45, 7) is 4.58. The average Bonchev–Trinajstić information content (AvgIpc) is 3.66. The highest BCUT2D eigenvalue weighted by atomic mass is 15.1. The summed E-state index contributed by atoms with van der Waals surface area (Å²) in [5.74, 6) is 2.69. The first-order valence-corrected chi connectivity index (χ1v) is 12.3. The zero-order valence-electron chi connectivity index (χ0n) is 18.6. The van der Waals surface area contributed by atoms with Crippen LogP contribution in [0.25, 0.3) is 5.57 Å². The summed E-state index contributed by atoms with van der Waals surface area (Å²) in [5, 5.41) is 7.55. The van der Waals surface area contributed by atoms with Crippen molar-refractivity contribution in [3.63, 3.8) is 0 Å². The van der Waals surface area contributed by atoms with Crippen LogP contribution in [0.5, 0.6) is 0 Å². The lowest BCUT2D eigenvalue weighted by Gasteiger charge is -2.24. The minimum absolute atomic E-state index is 0.541. The van der Waals surface area contributed by atoms with E-state index >= 15 is 0 Å². The van der Waals surface area contributed by atoms with Crippen LogP contribution in [0.1, 0.15) is 103 Å². The zero-order chi connectivity index (χ0) is 20.1. The third-order valence-corrected chi connectivity index (χ3v) is 7.11. The van der Waals surface area contributed by atoms with E-state index in [1.807, 2.05) is 6.20 Å². The van der Waals surface area contributed by atoms with Gasteiger partial charge in [0.05, 0.1) is 5.69 Å². The molecule has 1 unspecified atom stereocenters. The lowest BCUT2D eigenvalue weighted by molar-refractivity contribution is 0.460. The van der Waals surface area contributed by atoms with E-state index < -0.39 is 0 Å². The topological polar surface area (TPSA) is 49.8 Å². The molecule has 1 aromatic rings. The molecule has 0 aromatic carbocycles. The summed E-state index contributed by atoms with van der Waals surface area (Å²) in [6, 6.07) is 3.22. The van der Waals surface area contributed by atoms with Crippen molar-refractivity contribution in [3.8, 4) is 0 Å². The Bertz CT molecular complexity index is 684. The molecule has 4 rings (SSSR count). The summed E-state index contributed by atoms with van der Waals surface area (Å²) in [7, 11) is 0. The third-order valence-electron chi connectivity index (χ3n) is 7.11. The molecule has 3 aliphatic rings. The van der Waals surface area contributed by atoms with E-state index in [1.165, 1.54) is 94.7 Å². The molecule has 3 saturated carbocycles. The first-order valence-electron chi connectivity index (χ1n) is 12.3. The molecule has 0 bridgehead atoms. The molecule has 160 valence electrons. The summed E-state index contributed by atoms with van der Waals surface area (Å²) < 4.78 is 0. The Kier molecular flexibility index (Phi) is 7.10. The van der Waals surface area contributed by atoms with Gasteiger partial charge in [-0.2, -0.15) is 0 Å². The molecule has 0 radical (unpaired) electrons. The molecule has 2 N–H and O–H groups in total. The van der Waals surface area contributed by atoms with Gasteiger partial charge in [-0.25, -0.2) is 9.97 Å². The van der Waals surface area contributed by atoms with Crippen LogP contribution in [0.2, 0.25) is 0 Å². The molecule has 1 aromatic heterocycles. The fourth-order valence-corrected chi connectivity index (χ4v) is 4.62. The van der Waals surface area contributed by atoms with Gasteiger partial charge in [-0.15, -0.1) is 0 Å². The Morgan fingerprint density at radius 3 is 2.52 bits per heavy atom. The minimum Gasteiger partial charge on any atom is -0.385 e. The molecule has 4 heteroatoms. The molecule has 0 amide bonds. The maximum Gasteiger partial charge on any atom is 0.223 e. The molecule has 3 fully saturated rings. The number of nitrogens with zero attached hydrogens (tertiary/aromatic N) is 2. The van der Waals surface area contributed by atoms with E-state index in [9.17, 15) is 0 Å². The highest BCUT2D eigenvalue weighted by molar-refractivity contribution is 5.64. The van der Waals surface area contributed by atoms with Crippen molar-refractivity contribution >= 4 is 11.5 Å². The van der Waals surface area contributed by atoms with Crippen LogP contribution in [-0.4, -0.2) is 22.1 Å². The second kappa shape index (κ2) is 9.95. The molecule has 0 aliphatic heterocycles. The molecule has 0 saturated heterocycles. The van der Waals surface area contributed by atoms with Crippen LogP contribution in [0.15, 0.2) is 18.0 Å². The molecule has 1 heterocycles. The minimum atomic E-state index is 0.541. The highest BCUT2D eigenvalue weighted by Crippen LogP contribution is 2.37. The van der Waals surface area contributed by atoms with Gasteiger partial charge in [-0.3, -0.25) is 0 Å². The fourth-order valence-electron chi connectivity index (χ4n) is 4.62. The second-order valence-electron chi connectivity index (χ2n) is 9.77. The van der Waals surface area contributed by atoms with Crippen molar-refractivity contribution in [3.05, 3.63) is 23.7 Å². The van der Waals surface area contributed by atoms with Gasteiger partial charge < -0.3 is 10.6 Å². The maximum atomic E-state index is 4.91. The van der Waals surface area contributed by atoms with E-state index in [4.69, 9.17) is 4.98 Å². The van der Waals surface area contributed by atoms with Gasteiger partial charge in [0, 0.05) is 24.0 Å². The predicted molar refractivity (Wildman–Crippen MR) is 122 cm³/mol. The largest absolute Gasteiger partial charge is 0.385 e. The molecular weight excluding hydrogens is 356 g/mol. The van der Waals surface area contributed by atoms with Crippen LogP contribution in [0.4, 0.5) is 5.95 Å². The third kappa shape index (κ3) is 6.45. The van der Waals surface area contributed by atoms with E-state index in [0.717, 1.165) is 23.5 Å². The monoisotopic (exact) mass is 396 g/mol. The summed E-state index contributed by atoms with van der Waals surface area (Å²) in [6.07, 6.45) is 19.2. The zero-order valence-corrected chi connectivity index (χ0v) is 18.6. The predicted octanol–water partition coefficient (Wildman–Crippen LogP) is 6.31. The van der Waals surface area contributed by atoms with Crippen LogP contribution in [0, 0.1) is 11.8 Å². The van der Waals surface area contributed by atoms with E-state index in [0.29, 0.717) is 12.1 Å². The van der Waals surface area contributed by atoms with Crippen molar-refractivity contribution in [1.82, 2.24) is 15.3 Å². The smallest absolute Gasteiger partial charge is 0.223 e. The number of hydrogen-bond acceptors (Lipinski definition) is 4. The Morgan fingerprint density at radius 2 is 1.83 bits per heavy atom. The van der Waals surface area contributed by atoms with Crippen LogP contribution < -0.4 is 10.6 Å². The maximum absolute atomic E-state index is 4.91. The van der Waals surface area contributed by atoms with Crippen LogP contribution in [-0.2, 0) is 0 Å². The van der Waals surface area contributed by atoms with Crippen molar-refractivity contribution in [2.24, 2.45) is 11.8 Å². The summed E-state index contributed by atoms with van der Waals surface area (Å²) in [5.41, 5.74) is 3.83. The average molecular weight is 397 g/mol. The van der Waals surface area contributed by atoms with E-state index in [2.05, 4.69) is 35.5 Å².